The Labute approximate surface area is 178 Å². The SMILES string of the molecule is c1ccc(-c2nnc(-c3ccc(N=C4c5cccnc5-c5ncccc54)cc3)o2)cc1. The highest BCUT2D eigenvalue weighted by Gasteiger charge is 2.26. The predicted octanol–water partition coefficient (Wildman–Crippen LogP) is 5.34. The summed E-state index contributed by atoms with van der Waals surface area (Å²) < 4.78 is 5.85. The van der Waals surface area contributed by atoms with E-state index in [4.69, 9.17) is 9.41 Å². The van der Waals surface area contributed by atoms with E-state index in [0.717, 1.165) is 45.0 Å². The van der Waals surface area contributed by atoms with Crippen LogP contribution < -0.4 is 0 Å². The zero-order valence-corrected chi connectivity index (χ0v) is 16.3. The summed E-state index contributed by atoms with van der Waals surface area (Å²) in [4.78, 5) is 13.9. The lowest BCUT2D eigenvalue weighted by Crippen LogP contribution is -1.97. The maximum absolute atomic E-state index is 5.85. The Morgan fingerprint density at radius 2 is 1.16 bits per heavy atom. The first-order chi connectivity index (χ1) is 15.4. The van der Waals surface area contributed by atoms with Gasteiger partial charge < -0.3 is 4.42 Å². The third-order valence-corrected chi connectivity index (χ3v) is 5.15. The molecule has 0 bridgehead atoms. The Kier molecular flexibility index (Phi) is 3.99. The van der Waals surface area contributed by atoms with Gasteiger partial charge in [-0.05, 0) is 60.7 Å². The summed E-state index contributed by atoms with van der Waals surface area (Å²) in [6.07, 6.45) is 3.56. The van der Waals surface area contributed by atoms with Gasteiger partial charge in [-0.25, -0.2) is 4.99 Å². The zero-order chi connectivity index (χ0) is 20.6. The largest absolute Gasteiger partial charge is 0.416 e. The molecule has 0 spiro atoms. The molecule has 3 aromatic heterocycles. The van der Waals surface area contributed by atoms with E-state index < -0.39 is 0 Å². The molecule has 6 heteroatoms. The average molecular weight is 401 g/mol. The third-order valence-electron chi connectivity index (χ3n) is 5.15. The summed E-state index contributed by atoms with van der Waals surface area (Å²) in [5.74, 6) is 0.974. The van der Waals surface area contributed by atoms with Crippen molar-refractivity contribution in [3.63, 3.8) is 0 Å². The third kappa shape index (κ3) is 3.02. The van der Waals surface area contributed by atoms with Gasteiger partial charge >= 0.3 is 0 Å². The number of hydrogen-bond donors (Lipinski definition) is 0. The quantitative estimate of drug-likeness (QED) is 0.400. The van der Waals surface area contributed by atoms with E-state index in [-0.39, 0.29) is 0 Å². The molecule has 1 aliphatic rings. The predicted molar refractivity (Wildman–Crippen MR) is 118 cm³/mol. The van der Waals surface area contributed by atoms with Crippen molar-refractivity contribution in [1.82, 2.24) is 20.2 Å². The van der Waals surface area contributed by atoms with Crippen LogP contribution in [0, 0.1) is 0 Å². The van der Waals surface area contributed by atoms with E-state index in [1.54, 1.807) is 12.4 Å². The first kappa shape index (κ1) is 17.4. The number of nitrogens with zero attached hydrogens (tertiary/aromatic N) is 5. The number of rotatable bonds is 3. The molecule has 0 saturated heterocycles. The smallest absolute Gasteiger partial charge is 0.248 e. The Balaban J connectivity index is 1.34. The molecule has 0 unspecified atom stereocenters. The van der Waals surface area contributed by atoms with E-state index in [0.29, 0.717) is 11.8 Å². The van der Waals surface area contributed by atoms with Crippen molar-refractivity contribution in [3.05, 3.63) is 102 Å². The minimum absolute atomic E-state index is 0.475. The number of benzene rings is 2. The fourth-order valence-corrected chi connectivity index (χ4v) is 3.68. The lowest BCUT2D eigenvalue weighted by molar-refractivity contribution is 0.584. The molecule has 0 saturated carbocycles. The van der Waals surface area contributed by atoms with Crippen molar-refractivity contribution in [2.45, 2.75) is 0 Å². The van der Waals surface area contributed by atoms with Crippen molar-refractivity contribution >= 4 is 11.4 Å². The fourth-order valence-electron chi connectivity index (χ4n) is 3.68. The second kappa shape index (κ2) is 7.11. The van der Waals surface area contributed by atoms with Gasteiger partial charge in [0.2, 0.25) is 11.8 Å². The number of hydrogen-bond acceptors (Lipinski definition) is 6. The van der Waals surface area contributed by atoms with Gasteiger partial charge in [-0.3, -0.25) is 9.97 Å². The van der Waals surface area contributed by atoms with Crippen LogP contribution in [0.15, 0.2) is 101 Å². The number of aromatic nitrogens is 4. The highest BCUT2D eigenvalue weighted by molar-refractivity contribution is 6.23. The van der Waals surface area contributed by atoms with Crippen LogP contribution in [-0.2, 0) is 0 Å². The Morgan fingerprint density at radius 3 is 1.77 bits per heavy atom. The van der Waals surface area contributed by atoms with Crippen molar-refractivity contribution in [2.24, 2.45) is 4.99 Å². The molecule has 0 aliphatic heterocycles. The average Bonchev–Trinajstić information content (AvgIpc) is 3.45. The van der Waals surface area contributed by atoms with Crippen molar-refractivity contribution < 1.29 is 4.42 Å². The minimum Gasteiger partial charge on any atom is -0.416 e. The molecule has 6 rings (SSSR count). The van der Waals surface area contributed by atoms with Gasteiger partial charge in [0.25, 0.3) is 0 Å². The van der Waals surface area contributed by atoms with Crippen LogP contribution in [0.5, 0.6) is 0 Å². The Morgan fingerprint density at radius 1 is 0.581 bits per heavy atom. The Bertz CT molecular complexity index is 1370. The van der Waals surface area contributed by atoms with Crippen molar-refractivity contribution in [2.75, 3.05) is 0 Å². The fraction of sp³-hybridized carbons (Fsp3) is 0. The molecule has 146 valence electrons. The van der Waals surface area contributed by atoms with Gasteiger partial charge in [0.15, 0.2) is 0 Å². The van der Waals surface area contributed by atoms with Crippen molar-refractivity contribution in [1.29, 1.82) is 0 Å². The van der Waals surface area contributed by atoms with Crippen molar-refractivity contribution in [3.8, 4) is 34.3 Å². The Hall–Kier alpha value is -4.45. The van der Waals surface area contributed by atoms with Crippen LogP contribution in [0.1, 0.15) is 11.1 Å². The maximum atomic E-state index is 5.85. The van der Waals surface area contributed by atoms with Gasteiger partial charge in [-0.2, -0.15) is 0 Å². The molecule has 0 radical (unpaired) electrons. The molecular weight excluding hydrogens is 386 g/mol. The van der Waals surface area contributed by atoms with E-state index >= 15 is 0 Å². The number of pyridine rings is 2. The minimum atomic E-state index is 0.475. The second-order valence-electron chi connectivity index (χ2n) is 7.08. The molecule has 3 heterocycles. The normalized spacial score (nSPS) is 11.8. The first-order valence-electron chi connectivity index (χ1n) is 9.86. The monoisotopic (exact) mass is 401 g/mol. The zero-order valence-electron chi connectivity index (χ0n) is 16.3. The summed E-state index contributed by atoms with van der Waals surface area (Å²) >= 11 is 0. The topological polar surface area (TPSA) is 77.1 Å². The van der Waals surface area contributed by atoms with Crippen LogP contribution in [0.4, 0.5) is 5.69 Å². The second-order valence-corrected chi connectivity index (χ2v) is 7.08. The molecule has 1 aliphatic carbocycles. The summed E-state index contributed by atoms with van der Waals surface area (Å²) in [6, 6.07) is 25.4. The standard InChI is InChI=1S/C25H15N5O/c1-2-6-16(7-3-1)24-29-30-25(31-24)17-10-12-18(13-11-17)28-21-19-8-4-14-26-22(19)23-20(21)9-5-15-27-23/h1-15H. The lowest BCUT2D eigenvalue weighted by atomic mass is 10.1. The van der Waals surface area contributed by atoms with Gasteiger partial charge in [0.05, 0.1) is 22.8 Å². The molecular formula is C25H15N5O. The summed E-state index contributed by atoms with van der Waals surface area (Å²) in [5, 5.41) is 8.35. The maximum Gasteiger partial charge on any atom is 0.248 e. The molecule has 0 amide bonds. The molecule has 0 N–H and O–H groups in total. The summed E-state index contributed by atoms with van der Waals surface area (Å²) in [7, 11) is 0. The van der Waals surface area contributed by atoms with E-state index in [1.165, 1.54) is 0 Å². The number of fused-ring (bicyclic) bond motifs is 3. The number of aliphatic imine (C=N–C) groups is 1. The molecule has 6 nitrogen and oxygen atoms in total. The van der Waals surface area contributed by atoms with Gasteiger partial charge in [0.1, 0.15) is 0 Å². The molecule has 31 heavy (non-hydrogen) atoms. The molecule has 2 aromatic carbocycles. The highest BCUT2D eigenvalue weighted by Crippen LogP contribution is 2.35. The summed E-state index contributed by atoms with van der Waals surface area (Å²) in [5.41, 5.74) is 7.16. The molecule has 0 atom stereocenters. The first-order valence-corrected chi connectivity index (χ1v) is 9.86. The van der Waals surface area contributed by atoms with Crippen LogP contribution in [0.3, 0.4) is 0 Å². The van der Waals surface area contributed by atoms with E-state index in [9.17, 15) is 0 Å². The highest BCUT2D eigenvalue weighted by atomic mass is 16.4. The van der Waals surface area contributed by atoms with Crippen LogP contribution >= 0.6 is 0 Å². The van der Waals surface area contributed by atoms with Gasteiger partial charge in [0, 0.05) is 34.6 Å². The summed E-state index contributed by atoms with van der Waals surface area (Å²) in [6.45, 7) is 0. The molecule has 5 aromatic rings. The van der Waals surface area contributed by atoms with Crippen LogP contribution in [-0.4, -0.2) is 25.9 Å². The van der Waals surface area contributed by atoms with E-state index in [1.807, 2.05) is 78.9 Å². The van der Waals surface area contributed by atoms with Gasteiger partial charge in [-0.15, -0.1) is 10.2 Å². The van der Waals surface area contributed by atoms with Crippen LogP contribution in [0.25, 0.3) is 34.3 Å². The molecule has 0 fully saturated rings. The van der Waals surface area contributed by atoms with Gasteiger partial charge in [-0.1, -0.05) is 18.2 Å². The van der Waals surface area contributed by atoms with Crippen LogP contribution in [0.2, 0.25) is 0 Å². The van der Waals surface area contributed by atoms with E-state index in [2.05, 4.69) is 20.2 Å². The lowest BCUT2D eigenvalue weighted by Gasteiger charge is -2.02.